The Morgan fingerprint density at radius 1 is 1.05 bits per heavy atom. The van der Waals surface area contributed by atoms with Gasteiger partial charge in [0.2, 0.25) is 0 Å². The largest absolute Gasteiger partial charge is 0.271 e. The van der Waals surface area contributed by atoms with Crippen molar-refractivity contribution in [3.05, 3.63) is 77.5 Å². The molecule has 106 valence electrons. The van der Waals surface area contributed by atoms with Gasteiger partial charge in [-0.3, -0.25) is 10.8 Å². The Hall–Kier alpha value is -2.23. The van der Waals surface area contributed by atoms with E-state index < -0.39 is 0 Å². The lowest BCUT2D eigenvalue weighted by Crippen LogP contribution is -2.29. The summed E-state index contributed by atoms with van der Waals surface area (Å²) < 4.78 is 0. The van der Waals surface area contributed by atoms with Crippen LogP contribution < -0.4 is 11.3 Å². The lowest BCUT2D eigenvalue weighted by molar-refractivity contribution is 0.622. The molecule has 0 saturated heterocycles. The minimum Gasteiger partial charge on any atom is -0.271 e. The van der Waals surface area contributed by atoms with Crippen molar-refractivity contribution in [3.8, 4) is 0 Å². The van der Waals surface area contributed by atoms with Gasteiger partial charge in [0.05, 0.1) is 17.3 Å². The molecule has 3 aromatic rings. The zero-order valence-electron chi connectivity index (χ0n) is 12.1. The van der Waals surface area contributed by atoms with Crippen LogP contribution in [-0.4, -0.2) is 4.98 Å². The molecule has 0 aliphatic heterocycles. The highest BCUT2D eigenvalue weighted by molar-refractivity contribution is 5.78. The number of hydrogen-bond donors (Lipinski definition) is 2. The first-order chi connectivity index (χ1) is 10.3. The van der Waals surface area contributed by atoms with Crippen molar-refractivity contribution < 1.29 is 0 Å². The quantitative estimate of drug-likeness (QED) is 0.568. The minimum absolute atomic E-state index is 0.0962. The van der Waals surface area contributed by atoms with Gasteiger partial charge in [-0.25, -0.2) is 5.43 Å². The van der Waals surface area contributed by atoms with Crippen LogP contribution in [0.3, 0.4) is 0 Å². The summed E-state index contributed by atoms with van der Waals surface area (Å²) in [5, 5.41) is 1.14. The second-order valence-corrected chi connectivity index (χ2v) is 5.13. The number of aryl methyl sites for hydroxylation is 1. The number of nitrogens with two attached hydrogens (primary N) is 1. The molecule has 1 unspecified atom stereocenters. The Morgan fingerprint density at radius 2 is 1.90 bits per heavy atom. The molecular weight excluding hydrogens is 258 g/mol. The first-order valence-corrected chi connectivity index (χ1v) is 7.22. The van der Waals surface area contributed by atoms with Crippen LogP contribution in [0.1, 0.15) is 29.8 Å². The molecular formula is C18H19N3. The Bertz CT molecular complexity index is 752. The standard InChI is InChI=1S/C18H19N3/c1-2-13-6-5-8-15(12-13)18(21-19)17-11-10-14-7-3-4-9-16(14)20-17/h3-12,18,21H,2,19H2,1H3. The molecule has 0 saturated carbocycles. The molecule has 1 aromatic heterocycles. The highest BCUT2D eigenvalue weighted by Crippen LogP contribution is 2.23. The van der Waals surface area contributed by atoms with E-state index >= 15 is 0 Å². The summed E-state index contributed by atoms with van der Waals surface area (Å²) in [6, 6.07) is 20.6. The zero-order chi connectivity index (χ0) is 14.7. The molecule has 0 aliphatic rings. The third-order valence-electron chi connectivity index (χ3n) is 3.78. The van der Waals surface area contributed by atoms with Crippen molar-refractivity contribution in [3.63, 3.8) is 0 Å². The average molecular weight is 277 g/mol. The third kappa shape index (κ3) is 2.79. The Balaban J connectivity index is 2.04. The van der Waals surface area contributed by atoms with Crippen LogP contribution in [0.5, 0.6) is 0 Å². The van der Waals surface area contributed by atoms with E-state index in [0.717, 1.165) is 28.6 Å². The lowest BCUT2D eigenvalue weighted by atomic mass is 10.00. The predicted octanol–water partition coefficient (Wildman–Crippen LogP) is 3.35. The summed E-state index contributed by atoms with van der Waals surface area (Å²) in [5.74, 6) is 5.78. The van der Waals surface area contributed by atoms with Crippen molar-refractivity contribution in [2.45, 2.75) is 19.4 Å². The molecule has 3 rings (SSSR count). The fourth-order valence-electron chi connectivity index (χ4n) is 2.59. The fraction of sp³-hybridized carbons (Fsp3) is 0.167. The third-order valence-corrected chi connectivity index (χ3v) is 3.78. The normalized spacial score (nSPS) is 12.5. The monoisotopic (exact) mass is 277 g/mol. The van der Waals surface area contributed by atoms with Crippen molar-refractivity contribution in [1.82, 2.24) is 10.4 Å². The topological polar surface area (TPSA) is 50.9 Å². The molecule has 2 aromatic carbocycles. The van der Waals surface area contributed by atoms with Crippen LogP contribution in [0.25, 0.3) is 10.9 Å². The van der Waals surface area contributed by atoms with Crippen LogP contribution in [0.15, 0.2) is 60.7 Å². The molecule has 0 amide bonds. The molecule has 0 aliphatic carbocycles. The highest BCUT2D eigenvalue weighted by atomic mass is 15.2. The van der Waals surface area contributed by atoms with E-state index in [-0.39, 0.29) is 6.04 Å². The van der Waals surface area contributed by atoms with Crippen molar-refractivity contribution in [1.29, 1.82) is 0 Å². The summed E-state index contributed by atoms with van der Waals surface area (Å²) in [7, 11) is 0. The number of para-hydroxylation sites is 1. The van der Waals surface area contributed by atoms with Gasteiger partial charge in [-0.1, -0.05) is 55.5 Å². The number of nitrogens with one attached hydrogen (secondary N) is 1. The number of benzene rings is 2. The van der Waals surface area contributed by atoms with Gasteiger partial charge in [0.15, 0.2) is 0 Å². The summed E-state index contributed by atoms with van der Waals surface area (Å²) in [6.45, 7) is 2.15. The molecule has 0 radical (unpaired) electrons. The summed E-state index contributed by atoms with van der Waals surface area (Å²) >= 11 is 0. The number of rotatable bonds is 4. The number of aromatic nitrogens is 1. The van der Waals surface area contributed by atoms with Gasteiger partial charge in [-0.05, 0) is 29.7 Å². The van der Waals surface area contributed by atoms with Gasteiger partial charge in [0.1, 0.15) is 0 Å². The molecule has 3 heteroatoms. The van der Waals surface area contributed by atoms with E-state index in [4.69, 9.17) is 10.8 Å². The van der Waals surface area contributed by atoms with Gasteiger partial charge in [0, 0.05) is 5.39 Å². The lowest BCUT2D eigenvalue weighted by Gasteiger charge is -2.17. The first kappa shape index (κ1) is 13.7. The Morgan fingerprint density at radius 3 is 2.71 bits per heavy atom. The van der Waals surface area contributed by atoms with Crippen LogP contribution >= 0.6 is 0 Å². The van der Waals surface area contributed by atoms with Gasteiger partial charge in [0.25, 0.3) is 0 Å². The maximum atomic E-state index is 5.78. The molecule has 3 N–H and O–H groups in total. The van der Waals surface area contributed by atoms with Crippen LogP contribution in [0, 0.1) is 0 Å². The van der Waals surface area contributed by atoms with E-state index in [1.807, 2.05) is 24.3 Å². The second-order valence-electron chi connectivity index (χ2n) is 5.13. The van der Waals surface area contributed by atoms with Gasteiger partial charge < -0.3 is 0 Å². The van der Waals surface area contributed by atoms with Crippen molar-refractivity contribution >= 4 is 10.9 Å². The smallest absolute Gasteiger partial charge is 0.0881 e. The fourth-order valence-corrected chi connectivity index (χ4v) is 2.59. The zero-order valence-corrected chi connectivity index (χ0v) is 12.1. The second kappa shape index (κ2) is 6.04. The van der Waals surface area contributed by atoms with E-state index in [2.05, 4.69) is 48.7 Å². The molecule has 3 nitrogen and oxygen atoms in total. The van der Waals surface area contributed by atoms with Crippen LogP contribution in [0.2, 0.25) is 0 Å². The number of nitrogens with zero attached hydrogens (tertiary/aromatic N) is 1. The molecule has 21 heavy (non-hydrogen) atoms. The van der Waals surface area contributed by atoms with Crippen LogP contribution in [-0.2, 0) is 6.42 Å². The maximum absolute atomic E-state index is 5.78. The summed E-state index contributed by atoms with van der Waals surface area (Å²) in [5.41, 5.74) is 7.25. The van der Waals surface area contributed by atoms with E-state index in [9.17, 15) is 0 Å². The number of pyridine rings is 1. The van der Waals surface area contributed by atoms with E-state index in [1.54, 1.807) is 0 Å². The highest BCUT2D eigenvalue weighted by Gasteiger charge is 2.14. The van der Waals surface area contributed by atoms with Crippen LogP contribution in [0.4, 0.5) is 0 Å². The Kier molecular flexibility index (Phi) is 3.95. The summed E-state index contributed by atoms with van der Waals surface area (Å²) in [4.78, 5) is 4.74. The number of hydrazine groups is 1. The number of hydrogen-bond acceptors (Lipinski definition) is 3. The molecule has 0 spiro atoms. The maximum Gasteiger partial charge on any atom is 0.0881 e. The molecule has 0 fully saturated rings. The van der Waals surface area contributed by atoms with Crippen molar-refractivity contribution in [2.75, 3.05) is 0 Å². The first-order valence-electron chi connectivity index (χ1n) is 7.22. The SMILES string of the molecule is CCc1cccc(C(NN)c2ccc3ccccc3n2)c1. The molecule has 0 bridgehead atoms. The van der Waals surface area contributed by atoms with E-state index in [0.29, 0.717) is 0 Å². The summed E-state index contributed by atoms with van der Waals surface area (Å²) in [6.07, 6.45) is 1.01. The molecule has 1 atom stereocenters. The Labute approximate surface area is 124 Å². The predicted molar refractivity (Wildman–Crippen MR) is 86.7 cm³/mol. The minimum atomic E-state index is -0.0962. The molecule has 1 heterocycles. The average Bonchev–Trinajstić information content (AvgIpc) is 2.56. The van der Waals surface area contributed by atoms with Crippen molar-refractivity contribution in [2.24, 2.45) is 5.84 Å². The van der Waals surface area contributed by atoms with Gasteiger partial charge >= 0.3 is 0 Å². The number of fused-ring (bicyclic) bond motifs is 1. The van der Waals surface area contributed by atoms with Gasteiger partial charge in [-0.15, -0.1) is 0 Å². The van der Waals surface area contributed by atoms with E-state index in [1.165, 1.54) is 5.56 Å². The van der Waals surface area contributed by atoms with Gasteiger partial charge in [-0.2, -0.15) is 0 Å².